The van der Waals surface area contributed by atoms with E-state index in [4.69, 9.17) is 4.98 Å². The number of aromatic amines is 1. The number of benzene rings is 2. The zero-order chi connectivity index (χ0) is 16.6. The van der Waals surface area contributed by atoms with Crippen LogP contribution in [-0.4, -0.2) is 9.97 Å². The molecule has 0 bridgehead atoms. The maximum absolute atomic E-state index is 4.75. The van der Waals surface area contributed by atoms with Crippen molar-refractivity contribution in [3.63, 3.8) is 0 Å². The summed E-state index contributed by atoms with van der Waals surface area (Å²) in [5, 5.41) is 0. The molecule has 2 nitrogen and oxygen atoms in total. The van der Waals surface area contributed by atoms with Crippen LogP contribution in [0.4, 0.5) is 0 Å². The average Bonchev–Trinajstić information content (AvgIpc) is 3.28. The predicted molar refractivity (Wildman–Crippen MR) is 99.6 cm³/mol. The van der Waals surface area contributed by atoms with E-state index in [1.54, 1.807) is 0 Å². The Balaban J connectivity index is 1.90. The van der Waals surface area contributed by atoms with Crippen LogP contribution in [0.3, 0.4) is 0 Å². The molecule has 1 spiro atoms. The lowest BCUT2D eigenvalue weighted by atomic mass is 9.70. The number of aryl methyl sites for hydroxylation is 1. The number of nitrogens with one attached hydrogen (secondary N) is 1. The molecule has 0 radical (unpaired) electrons. The Hall–Kier alpha value is -3.13. The molecule has 2 aromatic heterocycles. The van der Waals surface area contributed by atoms with Gasteiger partial charge in [0.1, 0.15) is 0 Å². The highest BCUT2D eigenvalue weighted by Gasteiger charge is 2.53. The van der Waals surface area contributed by atoms with Crippen LogP contribution in [-0.2, 0) is 5.41 Å². The zero-order valence-corrected chi connectivity index (χ0v) is 13.9. The summed E-state index contributed by atoms with van der Waals surface area (Å²) in [5.74, 6) is 0. The Morgan fingerprint density at radius 3 is 2.16 bits per heavy atom. The molecule has 0 saturated heterocycles. The zero-order valence-electron chi connectivity index (χ0n) is 13.9. The van der Waals surface area contributed by atoms with Crippen molar-refractivity contribution in [2.45, 2.75) is 12.3 Å². The molecule has 0 amide bonds. The van der Waals surface area contributed by atoms with E-state index in [0.29, 0.717) is 0 Å². The van der Waals surface area contributed by atoms with Gasteiger partial charge in [0, 0.05) is 18.0 Å². The minimum Gasteiger partial charge on any atom is -0.359 e. The molecule has 0 fully saturated rings. The van der Waals surface area contributed by atoms with Gasteiger partial charge in [-0.2, -0.15) is 0 Å². The standard InChI is InChI=1S/C23H16N2/c1-14-13-25-22-20(14)23(19-11-6-12-24-21(19)22)17-9-4-2-7-15(17)16-8-3-5-10-18(16)23/h2-13,25H,1H3. The predicted octanol–water partition coefficient (Wildman–Crippen LogP) is 5.06. The number of hydrogen-bond acceptors (Lipinski definition) is 1. The molecule has 0 saturated carbocycles. The Kier molecular flexibility index (Phi) is 2.26. The maximum Gasteiger partial charge on any atom is 0.0915 e. The van der Waals surface area contributed by atoms with Crippen LogP contribution < -0.4 is 0 Å². The molecule has 2 heterocycles. The number of nitrogens with zero attached hydrogens (tertiary/aromatic N) is 1. The lowest BCUT2D eigenvalue weighted by Crippen LogP contribution is -2.26. The second-order valence-corrected chi connectivity index (χ2v) is 6.96. The Labute approximate surface area is 146 Å². The summed E-state index contributed by atoms with van der Waals surface area (Å²) >= 11 is 0. The summed E-state index contributed by atoms with van der Waals surface area (Å²) in [6, 6.07) is 22.0. The third kappa shape index (κ3) is 1.33. The maximum atomic E-state index is 4.75. The van der Waals surface area contributed by atoms with Gasteiger partial charge in [-0.3, -0.25) is 4.98 Å². The fraction of sp³-hybridized carbons (Fsp3) is 0.0870. The number of aromatic nitrogens is 2. The first-order valence-electron chi connectivity index (χ1n) is 8.67. The first-order chi connectivity index (χ1) is 12.3. The topological polar surface area (TPSA) is 28.7 Å². The first-order valence-corrected chi connectivity index (χ1v) is 8.67. The summed E-state index contributed by atoms with van der Waals surface area (Å²) in [6.07, 6.45) is 4.01. The third-order valence-corrected chi connectivity index (χ3v) is 5.85. The van der Waals surface area contributed by atoms with E-state index in [9.17, 15) is 0 Å². The van der Waals surface area contributed by atoms with Crippen LogP contribution in [0.15, 0.2) is 73.1 Å². The molecule has 2 aliphatic carbocycles. The van der Waals surface area contributed by atoms with Crippen LogP contribution in [0.25, 0.3) is 22.5 Å². The molecule has 0 atom stereocenters. The number of H-pyrrole nitrogens is 1. The first kappa shape index (κ1) is 13.2. The van der Waals surface area contributed by atoms with Gasteiger partial charge in [-0.1, -0.05) is 54.6 Å². The van der Waals surface area contributed by atoms with Gasteiger partial charge in [0.2, 0.25) is 0 Å². The van der Waals surface area contributed by atoms with Crippen molar-refractivity contribution < 1.29 is 0 Å². The minimum absolute atomic E-state index is 0.254. The molecule has 0 unspecified atom stereocenters. The van der Waals surface area contributed by atoms with Crippen molar-refractivity contribution in [1.82, 2.24) is 9.97 Å². The summed E-state index contributed by atoms with van der Waals surface area (Å²) in [5.41, 5.74) is 11.3. The summed E-state index contributed by atoms with van der Waals surface area (Å²) in [4.78, 5) is 8.24. The SMILES string of the molecule is Cc1c[nH]c2c1C1(c3ccccc3-c3ccccc31)c1cccnc1-2. The van der Waals surface area contributed by atoms with Crippen molar-refractivity contribution in [2.24, 2.45) is 0 Å². The lowest BCUT2D eigenvalue weighted by molar-refractivity contribution is 0.786. The van der Waals surface area contributed by atoms with E-state index in [0.717, 1.165) is 5.69 Å². The second kappa shape index (κ2) is 4.28. The normalized spacial score (nSPS) is 14.9. The van der Waals surface area contributed by atoms with Crippen molar-refractivity contribution in [3.05, 3.63) is 101 Å². The second-order valence-electron chi connectivity index (χ2n) is 6.96. The largest absolute Gasteiger partial charge is 0.359 e. The Morgan fingerprint density at radius 2 is 1.44 bits per heavy atom. The van der Waals surface area contributed by atoms with Crippen molar-refractivity contribution in [2.75, 3.05) is 0 Å². The van der Waals surface area contributed by atoms with Gasteiger partial charge in [0.25, 0.3) is 0 Å². The van der Waals surface area contributed by atoms with Crippen LogP contribution in [0.5, 0.6) is 0 Å². The molecule has 25 heavy (non-hydrogen) atoms. The number of pyridine rings is 1. The van der Waals surface area contributed by atoms with E-state index < -0.39 is 0 Å². The van der Waals surface area contributed by atoms with Gasteiger partial charge in [-0.15, -0.1) is 0 Å². The summed E-state index contributed by atoms with van der Waals surface area (Å²) < 4.78 is 0. The van der Waals surface area contributed by atoms with E-state index in [2.05, 4.69) is 78.8 Å². The summed E-state index contributed by atoms with van der Waals surface area (Å²) in [7, 11) is 0. The van der Waals surface area contributed by atoms with Gasteiger partial charge in [-0.05, 0) is 46.4 Å². The quantitative estimate of drug-likeness (QED) is 0.416. The van der Waals surface area contributed by atoms with Crippen LogP contribution >= 0.6 is 0 Å². The van der Waals surface area contributed by atoms with Gasteiger partial charge in [0.15, 0.2) is 0 Å². The van der Waals surface area contributed by atoms with Gasteiger partial charge in [-0.25, -0.2) is 0 Å². The molecule has 4 aromatic rings. The monoisotopic (exact) mass is 320 g/mol. The lowest BCUT2D eigenvalue weighted by Gasteiger charge is -2.30. The van der Waals surface area contributed by atoms with Crippen LogP contribution in [0.1, 0.15) is 27.8 Å². The third-order valence-electron chi connectivity index (χ3n) is 5.85. The molecule has 118 valence electrons. The molecule has 1 N–H and O–H groups in total. The summed E-state index contributed by atoms with van der Waals surface area (Å²) in [6.45, 7) is 2.20. The number of hydrogen-bond donors (Lipinski definition) is 1. The number of rotatable bonds is 0. The van der Waals surface area contributed by atoms with E-state index in [1.807, 2.05) is 6.20 Å². The average molecular weight is 320 g/mol. The molecule has 0 aliphatic heterocycles. The highest BCUT2D eigenvalue weighted by molar-refractivity contribution is 5.93. The van der Waals surface area contributed by atoms with E-state index in [-0.39, 0.29) is 5.41 Å². The van der Waals surface area contributed by atoms with Gasteiger partial charge >= 0.3 is 0 Å². The molecular weight excluding hydrogens is 304 g/mol. The van der Waals surface area contributed by atoms with Crippen molar-refractivity contribution >= 4 is 0 Å². The van der Waals surface area contributed by atoms with Gasteiger partial charge < -0.3 is 4.98 Å². The van der Waals surface area contributed by atoms with E-state index in [1.165, 1.54) is 44.6 Å². The molecule has 2 aliphatic rings. The van der Waals surface area contributed by atoms with Crippen molar-refractivity contribution in [3.8, 4) is 22.5 Å². The Morgan fingerprint density at radius 1 is 0.800 bits per heavy atom. The van der Waals surface area contributed by atoms with Crippen molar-refractivity contribution in [1.29, 1.82) is 0 Å². The molecule has 2 aromatic carbocycles. The van der Waals surface area contributed by atoms with E-state index >= 15 is 0 Å². The highest BCUT2D eigenvalue weighted by atomic mass is 14.8. The molecule has 6 rings (SSSR count). The molecular formula is C23H16N2. The molecule has 2 heteroatoms. The van der Waals surface area contributed by atoms with Crippen LogP contribution in [0.2, 0.25) is 0 Å². The number of fused-ring (bicyclic) bond motifs is 10. The highest BCUT2D eigenvalue weighted by Crippen LogP contribution is 2.62. The van der Waals surface area contributed by atoms with Crippen LogP contribution in [0, 0.1) is 6.92 Å². The smallest absolute Gasteiger partial charge is 0.0915 e. The fourth-order valence-corrected chi connectivity index (χ4v) is 5.03. The van der Waals surface area contributed by atoms with Gasteiger partial charge in [0.05, 0.1) is 16.8 Å². The minimum atomic E-state index is -0.254. The Bertz CT molecular complexity index is 1120. The fourth-order valence-electron chi connectivity index (χ4n) is 5.03.